The molecule has 0 heterocycles. The maximum absolute atomic E-state index is 13.0. The lowest BCUT2D eigenvalue weighted by Gasteiger charge is -2.38. The van der Waals surface area contributed by atoms with E-state index >= 15 is 0 Å². The highest BCUT2D eigenvalue weighted by Gasteiger charge is 2.42. The first kappa shape index (κ1) is 19.8. The van der Waals surface area contributed by atoms with Gasteiger partial charge < -0.3 is 14.8 Å². The Hall–Kier alpha value is -1.55. The molecule has 1 aromatic rings. The molecule has 140 valence electrons. The Morgan fingerprint density at radius 2 is 2.16 bits per heavy atom. The summed E-state index contributed by atoms with van der Waals surface area (Å²) in [6.07, 6.45) is 4.95. The number of benzene rings is 1. The second-order valence-electron chi connectivity index (χ2n) is 7.40. The monoisotopic (exact) mass is 347 g/mol. The molecule has 1 amide bonds. The zero-order valence-corrected chi connectivity index (χ0v) is 16.4. The molecule has 4 nitrogen and oxygen atoms in total. The first-order chi connectivity index (χ1) is 11.9. The number of nitrogens with one attached hydrogen (secondary N) is 1. The van der Waals surface area contributed by atoms with Gasteiger partial charge in [0, 0.05) is 12.3 Å². The topological polar surface area (TPSA) is 47.6 Å². The van der Waals surface area contributed by atoms with Crippen LogP contribution < -0.4 is 10.1 Å². The Balaban J connectivity index is 2.11. The molecule has 1 aromatic carbocycles. The summed E-state index contributed by atoms with van der Waals surface area (Å²) in [5, 5.41) is 3.07. The lowest BCUT2D eigenvalue weighted by Crippen LogP contribution is -2.48. The molecule has 1 saturated carbocycles. The summed E-state index contributed by atoms with van der Waals surface area (Å²) in [6, 6.07) is 5.82. The standard InChI is InChI=1S/C21H33NO3/c1-6-17(5)25-19-11-10-18(13-16(19)4)22-20(23)21(24-7-2)12-8-9-15(3)14-21/h10-11,13,15,17H,6-9,12,14H2,1-5H3,(H,22,23)/t15-,17-,21+/m1/s1. The normalized spacial score (nSPS) is 24.6. The number of anilines is 1. The maximum atomic E-state index is 13.0. The molecule has 0 aliphatic heterocycles. The summed E-state index contributed by atoms with van der Waals surface area (Å²) in [5.41, 5.74) is 1.14. The van der Waals surface area contributed by atoms with Crippen LogP contribution in [0.15, 0.2) is 18.2 Å². The lowest BCUT2D eigenvalue weighted by atomic mass is 9.78. The van der Waals surface area contributed by atoms with Crippen molar-refractivity contribution in [3.05, 3.63) is 23.8 Å². The van der Waals surface area contributed by atoms with Gasteiger partial charge in [0.25, 0.3) is 5.91 Å². The van der Waals surface area contributed by atoms with E-state index in [1.54, 1.807) is 0 Å². The van der Waals surface area contributed by atoms with Crippen LogP contribution in [0.1, 0.15) is 65.4 Å². The molecule has 1 aliphatic carbocycles. The van der Waals surface area contributed by atoms with Gasteiger partial charge in [-0.1, -0.05) is 20.3 Å². The number of carbonyl (C=O) groups is 1. The van der Waals surface area contributed by atoms with Crippen molar-refractivity contribution in [1.29, 1.82) is 0 Å². The van der Waals surface area contributed by atoms with Crippen molar-refractivity contribution in [3.8, 4) is 5.75 Å². The largest absolute Gasteiger partial charge is 0.490 e. The lowest BCUT2D eigenvalue weighted by molar-refractivity contribution is -0.147. The van der Waals surface area contributed by atoms with Crippen LogP contribution in [0.2, 0.25) is 0 Å². The molecular formula is C21H33NO3. The number of aryl methyl sites for hydroxylation is 1. The number of hydrogen-bond donors (Lipinski definition) is 1. The molecule has 0 bridgehead atoms. The average Bonchev–Trinajstić information content (AvgIpc) is 2.57. The molecule has 4 heteroatoms. The molecule has 0 radical (unpaired) electrons. The molecule has 25 heavy (non-hydrogen) atoms. The second kappa shape index (κ2) is 8.70. The average molecular weight is 347 g/mol. The molecule has 1 N–H and O–H groups in total. The zero-order chi connectivity index (χ0) is 18.4. The highest BCUT2D eigenvalue weighted by atomic mass is 16.5. The maximum Gasteiger partial charge on any atom is 0.256 e. The van der Waals surface area contributed by atoms with Gasteiger partial charge in [-0.05, 0) is 76.1 Å². The summed E-state index contributed by atoms with van der Waals surface area (Å²) in [4.78, 5) is 13.0. The number of rotatable bonds is 7. The van der Waals surface area contributed by atoms with E-state index in [2.05, 4.69) is 26.1 Å². The Morgan fingerprint density at radius 3 is 2.76 bits per heavy atom. The van der Waals surface area contributed by atoms with Crippen LogP contribution in [-0.4, -0.2) is 24.2 Å². The Bertz CT molecular complexity index is 583. The van der Waals surface area contributed by atoms with E-state index in [0.717, 1.165) is 42.7 Å². The van der Waals surface area contributed by atoms with Crippen LogP contribution in [0.3, 0.4) is 0 Å². The van der Waals surface area contributed by atoms with Crippen molar-refractivity contribution in [2.45, 2.75) is 78.4 Å². The molecule has 1 aliphatic rings. The Morgan fingerprint density at radius 1 is 1.40 bits per heavy atom. The number of carbonyl (C=O) groups excluding carboxylic acids is 1. The molecule has 1 fully saturated rings. The van der Waals surface area contributed by atoms with E-state index in [1.807, 2.05) is 32.0 Å². The molecule has 0 spiro atoms. The van der Waals surface area contributed by atoms with Gasteiger partial charge >= 0.3 is 0 Å². The fraction of sp³-hybridized carbons (Fsp3) is 0.667. The van der Waals surface area contributed by atoms with Gasteiger partial charge in [0.15, 0.2) is 0 Å². The van der Waals surface area contributed by atoms with Gasteiger partial charge in [-0.25, -0.2) is 0 Å². The summed E-state index contributed by atoms with van der Waals surface area (Å²) >= 11 is 0. The SMILES string of the molecule is CCO[C@@]1(C(=O)Nc2ccc(O[C@H](C)CC)c(C)c2)CCC[C@@H](C)C1. The van der Waals surface area contributed by atoms with Crippen molar-refractivity contribution >= 4 is 11.6 Å². The summed E-state index contributed by atoms with van der Waals surface area (Å²) in [5.74, 6) is 1.37. The van der Waals surface area contributed by atoms with Crippen LogP contribution in [0.4, 0.5) is 5.69 Å². The first-order valence-electron chi connectivity index (χ1n) is 9.63. The minimum Gasteiger partial charge on any atom is -0.490 e. The fourth-order valence-electron chi connectivity index (χ4n) is 3.59. The van der Waals surface area contributed by atoms with E-state index in [1.165, 1.54) is 6.42 Å². The van der Waals surface area contributed by atoms with Crippen molar-refractivity contribution in [2.75, 3.05) is 11.9 Å². The quantitative estimate of drug-likeness (QED) is 0.747. The zero-order valence-electron chi connectivity index (χ0n) is 16.4. The van der Waals surface area contributed by atoms with Gasteiger partial charge in [0.1, 0.15) is 11.4 Å². The Labute approximate surface area is 152 Å². The van der Waals surface area contributed by atoms with Gasteiger partial charge in [0.05, 0.1) is 6.10 Å². The third-order valence-corrected chi connectivity index (χ3v) is 5.13. The molecular weight excluding hydrogens is 314 g/mol. The highest BCUT2D eigenvalue weighted by molar-refractivity contribution is 5.97. The van der Waals surface area contributed by atoms with Gasteiger partial charge in [0.2, 0.25) is 0 Å². The third-order valence-electron chi connectivity index (χ3n) is 5.13. The molecule has 3 atom stereocenters. The number of amides is 1. The van der Waals surface area contributed by atoms with E-state index < -0.39 is 5.60 Å². The van der Waals surface area contributed by atoms with Gasteiger partial charge in [-0.2, -0.15) is 0 Å². The van der Waals surface area contributed by atoms with Crippen LogP contribution in [0.25, 0.3) is 0 Å². The van der Waals surface area contributed by atoms with E-state index in [0.29, 0.717) is 12.5 Å². The van der Waals surface area contributed by atoms with E-state index in [-0.39, 0.29) is 12.0 Å². The highest BCUT2D eigenvalue weighted by Crippen LogP contribution is 2.36. The van der Waals surface area contributed by atoms with Crippen LogP contribution in [0, 0.1) is 12.8 Å². The van der Waals surface area contributed by atoms with Crippen molar-refractivity contribution < 1.29 is 14.3 Å². The number of hydrogen-bond acceptors (Lipinski definition) is 3. The predicted molar refractivity (Wildman–Crippen MR) is 102 cm³/mol. The smallest absolute Gasteiger partial charge is 0.256 e. The number of ether oxygens (including phenoxy) is 2. The van der Waals surface area contributed by atoms with E-state index in [4.69, 9.17) is 9.47 Å². The summed E-state index contributed by atoms with van der Waals surface area (Å²) in [7, 11) is 0. The first-order valence-corrected chi connectivity index (χ1v) is 9.63. The predicted octanol–water partition coefficient (Wildman–Crippen LogP) is 5.10. The minimum atomic E-state index is -0.688. The van der Waals surface area contributed by atoms with Crippen LogP contribution in [0.5, 0.6) is 5.75 Å². The van der Waals surface area contributed by atoms with Crippen LogP contribution in [-0.2, 0) is 9.53 Å². The molecule has 0 unspecified atom stereocenters. The third kappa shape index (κ3) is 4.97. The van der Waals surface area contributed by atoms with Gasteiger partial charge in [-0.15, -0.1) is 0 Å². The Kier molecular flexibility index (Phi) is 6.88. The van der Waals surface area contributed by atoms with Gasteiger partial charge in [-0.3, -0.25) is 4.79 Å². The van der Waals surface area contributed by atoms with Crippen LogP contribution >= 0.6 is 0 Å². The van der Waals surface area contributed by atoms with Crippen molar-refractivity contribution in [2.24, 2.45) is 5.92 Å². The fourth-order valence-corrected chi connectivity index (χ4v) is 3.59. The molecule has 0 saturated heterocycles. The van der Waals surface area contributed by atoms with Crippen molar-refractivity contribution in [1.82, 2.24) is 0 Å². The molecule has 2 rings (SSSR count). The summed E-state index contributed by atoms with van der Waals surface area (Å²) < 4.78 is 11.9. The second-order valence-corrected chi connectivity index (χ2v) is 7.40. The summed E-state index contributed by atoms with van der Waals surface area (Å²) in [6.45, 7) is 10.9. The molecule has 0 aromatic heterocycles. The van der Waals surface area contributed by atoms with E-state index in [9.17, 15) is 4.79 Å². The van der Waals surface area contributed by atoms with Crippen molar-refractivity contribution in [3.63, 3.8) is 0 Å². The minimum absolute atomic E-state index is 0.0177.